The van der Waals surface area contributed by atoms with Gasteiger partial charge in [0.1, 0.15) is 11.0 Å². The summed E-state index contributed by atoms with van der Waals surface area (Å²) in [7, 11) is 1.66. The fraction of sp³-hybridized carbons (Fsp3) is 0.500. The molecule has 0 aliphatic rings. The summed E-state index contributed by atoms with van der Waals surface area (Å²) in [5, 5.41) is 3.33. The van der Waals surface area contributed by atoms with Crippen molar-refractivity contribution in [3.8, 4) is 0 Å². The van der Waals surface area contributed by atoms with Gasteiger partial charge in [-0.2, -0.15) is 4.98 Å². The van der Waals surface area contributed by atoms with Gasteiger partial charge < -0.3 is 15.8 Å². The summed E-state index contributed by atoms with van der Waals surface area (Å²) in [5.74, 6) is 0.811. The fourth-order valence-electron chi connectivity index (χ4n) is 0.931. The van der Waals surface area contributed by atoms with E-state index < -0.39 is 0 Å². The number of nitrogens with two attached hydrogens (primary N) is 1. The first kappa shape index (κ1) is 11.0. The summed E-state index contributed by atoms with van der Waals surface area (Å²) < 4.78 is 4.90. The van der Waals surface area contributed by atoms with Crippen molar-refractivity contribution < 1.29 is 4.74 Å². The van der Waals surface area contributed by atoms with Crippen molar-refractivity contribution in [2.75, 3.05) is 31.3 Å². The Hall–Kier alpha value is -1.07. The van der Waals surface area contributed by atoms with Crippen molar-refractivity contribution in [2.24, 2.45) is 0 Å². The van der Waals surface area contributed by atoms with E-state index >= 15 is 0 Å². The average molecular weight is 217 g/mol. The number of nitrogen functional groups attached to an aromatic ring is 1. The van der Waals surface area contributed by atoms with Gasteiger partial charge in [-0.1, -0.05) is 11.6 Å². The Morgan fingerprint density at radius 1 is 1.57 bits per heavy atom. The number of ether oxygens (including phenoxy) is 1. The first-order chi connectivity index (χ1) is 6.72. The first-order valence-electron chi connectivity index (χ1n) is 4.25. The zero-order valence-electron chi connectivity index (χ0n) is 7.96. The van der Waals surface area contributed by atoms with Crippen LogP contribution in [0.4, 0.5) is 11.8 Å². The molecule has 1 heterocycles. The second kappa shape index (κ2) is 5.62. The minimum absolute atomic E-state index is 0.340. The van der Waals surface area contributed by atoms with Crippen molar-refractivity contribution in [1.29, 1.82) is 0 Å². The molecular formula is C8H13ClN4O. The summed E-state index contributed by atoms with van der Waals surface area (Å²) in [5.41, 5.74) is 5.49. The summed E-state index contributed by atoms with van der Waals surface area (Å²) in [6, 6.07) is 1.50. The Labute approximate surface area is 87.6 Å². The number of methoxy groups -OCH3 is 1. The molecule has 6 heteroatoms. The second-order valence-electron chi connectivity index (χ2n) is 2.71. The number of aromatic nitrogens is 2. The largest absolute Gasteiger partial charge is 0.385 e. The van der Waals surface area contributed by atoms with Gasteiger partial charge in [0.05, 0.1) is 0 Å². The lowest BCUT2D eigenvalue weighted by atomic mass is 10.4. The molecule has 3 N–H and O–H groups in total. The maximum atomic E-state index is 5.69. The zero-order valence-corrected chi connectivity index (χ0v) is 8.71. The highest BCUT2D eigenvalue weighted by Crippen LogP contribution is 2.11. The zero-order chi connectivity index (χ0) is 10.4. The molecule has 0 unspecified atom stereocenters. The summed E-state index contributed by atoms with van der Waals surface area (Å²) in [4.78, 5) is 7.92. The molecular weight excluding hydrogens is 204 g/mol. The highest BCUT2D eigenvalue weighted by Gasteiger charge is 1.99. The SMILES string of the molecule is COCCCNc1nc(N)cc(Cl)n1. The number of hydrogen-bond acceptors (Lipinski definition) is 5. The molecule has 0 atom stereocenters. The lowest BCUT2D eigenvalue weighted by Crippen LogP contribution is -2.08. The van der Waals surface area contributed by atoms with Crippen LogP contribution in [-0.4, -0.2) is 30.2 Å². The van der Waals surface area contributed by atoms with Crippen LogP contribution in [0.1, 0.15) is 6.42 Å². The van der Waals surface area contributed by atoms with Crippen molar-refractivity contribution in [3.63, 3.8) is 0 Å². The van der Waals surface area contributed by atoms with Crippen molar-refractivity contribution in [2.45, 2.75) is 6.42 Å². The number of anilines is 2. The molecule has 78 valence electrons. The van der Waals surface area contributed by atoms with E-state index in [-0.39, 0.29) is 0 Å². The molecule has 0 bridgehead atoms. The Kier molecular flexibility index (Phi) is 4.42. The molecule has 14 heavy (non-hydrogen) atoms. The molecule has 1 aromatic rings. The van der Waals surface area contributed by atoms with Crippen molar-refractivity contribution in [3.05, 3.63) is 11.2 Å². The molecule has 1 rings (SSSR count). The molecule has 0 spiro atoms. The lowest BCUT2D eigenvalue weighted by molar-refractivity contribution is 0.197. The molecule has 0 saturated heterocycles. The third-order valence-electron chi connectivity index (χ3n) is 1.52. The van der Waals surface area contributed by atoms with E-state index in [9.17, 15) is 0 Å². The molecule has 0 radical (unpaired) electrons. The van der Waals surface area contributed by atoms with Crippen LogP contribution in [0, 0.1) is 0 Å². The summed E-state index contributed by atoms with van der Waals surface area (Å²) in [6.45, 7) is 1.43. The predicted octanol–water partition coefficient (Wildman–Crippen LogP) is 1.16. The van der Waals surface area contributed by atoms with Crippen LogP contribution in [0.3, 0.4) is 0 Å². The van der Waals surface area contributed by atoms with Crippen LogP contribution in [0.15, 0.2) is 6.07 Å². The Bertz CT molecular complexity index is 274. The Morgan fingerprint density at radius 2 is 2.36 bits per heavy atom. The molecule has 0 aromatic carbocycles. The first-order valence-corrected chi connectivity index (χ1v) is 4.63. The predicted molar refractivity (Wildman–Crippen MR) is 56.4 cm³/mol. The Morgan fingerprint density at radius 3 is 3.00 bits per heavy atom. The van der Waals surface area contributed by atoms with Gasteiger partial charge in [0.25, 0.3) is 0 Å². The molecule has 0 amide bonds. The third-order valence-corrected chi connectivity index (χ3v) is 1.72. The van der Waals surface area contributed by atoms with Gasteiger partial charge in [-0.25, -0.2) is 4.98 Å². The second-order valence-corrected chi connectivity index (χ2v) is 3.10. The monoisotopic (exact) mass is 216 g/mol. The number of nitrogens with zero attached hydrogens (tertiary/aromatic N) is 2. The number of hydrogen-bond donors (Lipinski definition) is 2. The summed E-state index contributed by atoms with van der Waals surface area (Å²) >= 11 is 5.69. The maximum absolute atomic E-state index is 5.69. The molecule has 0 aliphatic heterocycles. The van der Waals surface area contributed by atoms with Gasteiger partial charge in [-0.3, -0.25) is 0 Å². The van der Waals surface area contributed by atoms with E-state index in [1.54, 1.807) is 7.11 Å². The quantitative estimate of drug-likeness (QED) is 0.571. The minimum atomic E-state index is 0.340. The van der Waals surface area contributed by atoms with Crippen molar-refractivity contribution >= 4 is 23.4 Å². The molecule has 0 aliphatic carbocycles. The van der Waals surface area contributed by atoms with Gasteiger partial charge in [-0.05, 0) is 6.42 Å². The van der Waals surface area contributed by atoms with E-state index in [0.29, 0.717) is 23.5 Å². The highest BCUT2D eigenvalue weighted by atomic mass is 35.5. The van der Waals surface area contributed by atoms with Crippen LogP contribution in [-0.2, 0) is 4.74 Å². The molecule has 0 saturated carbocycles. The molecule has 5 nitrogen and oxygen atoms in total. The number of nitrogens with one attached hydrogen (secondary N) is 1. The van der Waals surface area contributed by atoms with Crippen LogP contribution < -0.4 is 11.1 Å². The number of halogens is 1. The summed E-state index contributed by atoms with van der Waals surface area (Å²) in [6.07, 6.45) is 0.881. The van der Waals surface area contributed by atoms with Gasteiger partial charge in [-0.15, -0.1) is 0 Å². The Balaban J connectivity index is 2.42. The van der Waals surface area contributed by atoms with Crippen LogP contribution in [0.2, 0.25) is 5.15 Å². The van der Waals surface area contributed by atoms with E-state index in [0.717, 1.165) is 13.0 Å². The molecule has 1 aromatic heterocycles. The van der Waals surface area contributed by atoms with Gasteiger partial charge in [0.2, 0.25) is 5.95 Å². The van der Waals surface area contributed by atoms with Crippen LogP contribution in [0.5, 0.6) is 0 Å². The third kappa shape index (κ3) is 3.76. The van der Waals surface area contributed by atoms with Gasteiger partial charge >= 0.3 is 0 Å². The fourth-order valence-corrected chi connectivity index (χ4v) is 1.12. The van der Waals surface area contributed by atoms with E-state index in [2.05, 4.69) is 15.3 Å². The topological polar surface area (TPSA) is 73.1 Å². The standard InChI is InChI=1S/C8H13ClN4O/c1-14-4-2-3-11-8-12-6(9)5-7(10)13-8/h5H,2-4H2,1H3,(H3,10,11,12,13). The van der Waals surface area contributed by atoms with Crippen molar-refractivity contribution in [1.82, 2.24) is 9.97 Å². The van der Waals surface area contributed by atoms with Crippen LogP contribution in [0.25, 0.3) is 0 Å². The van der Waals surface area contributed by atoms with Gasteiger partial charge in [0.15, 0.2) is 0 Å². The van der Waals surface area contributed by atoms with E-state index in [1.165, 1.54) is 6.07 Å². The number of rotatable bonds is 5. The average Bonchev–Trinajstić information content (AvgIpc) is 2.11. The van der Waals surface area contributed by atoms with E-state index in [4.69, 9.17) is 22.1 Å². The van der Waals surface area contributed by atoms with Crippen LogP contribution >= 0.6 is 11.6 Å². The van der Waals surface area contributed by atoms with E-state index in [1.807, 2.05) is 0 Å². The minimum Gasteiger partial charge on any atom is -0.385 e. The van der Waals surface area contributed by atoms with Gasteiger partial charge in [0, 0.05) is 26.3 Å². The highest BCUT2D eigenvalue weighted by molar-refractivity contribution is 6.29. The normalized spacial score (nSPS) is 10.1. The lowest BCUT2D eigenvalue weighted by Gasteiger charge is -2.04. The maximum Gasteiger partial charge on any atom is 0.226 e. The molecule has 0 fully saturated rings. The smallest absolute Gasteiger partial charge is 0.226 e.